The summed E-state index contributed by atoms with van der Waals surface area (Å²) in [5.74, 6) is 0.825. The lowest BCUT2D eigenvalue weighted by Crippen LogP contribution is -1.98. The fourth-order valence-electron chi connectivity index (χ4n) is 1.49. The fourth-order valence-corrected chi connectivity index (χ4v) is 2.51. The van der Waals surface area contributed by atoms with E-state index in [1.54, 1.807) is 17.6 Å². The minimum Gasteiger partial charge on any atom is -0.469 e. The zero-order chi connectivity index (χ0) is 10.8. The van der Waals surface area contributed by atoms with Gasteiger partial charge in [0.15, 0.2) is 0 Å². The van der Waals surface area contributed by atoms with Crippen LogP contribution in [0.2, 0.25) is 0 Å². The first kappa shape index (κ1) is 10.5. The van der Waals surface area contributed by atoms with Gasteiger partial charge in [0, 0.05) is 16.2 Å². The zero-order valence-electron chi connectivity index (χ0n) is 8.86. The summed E-state index contributed by atoms with van der Waals surface area (Å²) < 4.78 is 5.21. The van der Waals surface area contributed by atoms with Crippen molar-refractivity contribution in [1.29, 1.82) is 0 Å². The van der Waals surface area contributed by atoms with Crippen LogP contribution in [0.5, 0.6) is 0 Å². The Morgan fingerprint density at radius 3 is 2.80 bits per heavy atom. The Labute approximate surface area is 93.2 Å². The molecule has 2 heterocycles. The summed E-state index contributed by atoms with van der Waals surface area (Å²) in [5.41, 5.74) is 1.24. The van der Waals surface area contributed by atoms with Crippen molar-refractivity contribution >= 4 is 11.3 Å². The first-order valence-corrected chi connectivity index (χ1v) is 5.76. The SMILES string of the molecule is Cc1cc(C(O)Cc2ccco2)sc1C. The number of aliphatic hydroxyl groups is 1. The lowest BCUT2D eigenvalue weighted by molar-refractivity contribution is 0.174. The van der Waals surface area contributed by atoms with E-state index in [-0.39, 0.29) is 0 Å². The Morgan fingerprint density at radius 2 is 2.27 bits per heavy atom. The second-order valence-corrected chi connectivity index (χ2v) is 4.98. The Morgan fingerprint density at radius 1 is 1.47 bits per heavy atom. The molecule has 2 nitrogen and oxygen atoms in total. The molecule has 0 aromatic carbocycles. The van der Waals surface area contributed by atoms with Crippen molar-refractivity contribution in [1.82, 2.24) is 0 Å². The molecule has 0 aliphatic carbocycles. The van der Waals surface area contributed by atoms with Gasteiger partial charge in [0.25, 0.3) is 0 Å². The average Bonchev–Trinajstić information content (AvgIpc) is 2.78. The molecule has 0 amide bonds. The van der Waals surface area contributed by atoms with Crippen LogP contribution in [0.1, 0.15) is 27.2 Å². The summed E-state index contributed by atoms with van der Waals surface area (Å²) in [6.07, 6.45) is 1.73. The number of rotatable bonds is 3. The number of thiophene rings is 1. The number of aliphatic hydroxyl groups excluding tert-OH is 1. The highest BCUT2D eigenvalue weighted by Crippen LogP contribution is 2.28. The van der Waals surface area contributed by atoms with Crippen LogP contribution in [0.4, 0.5) is 0 Å². The minimum atomic E-state index is -0.450. The highest BCUT2D eigenvalue weighted by atomic mass is 32.1. The van der Waals surface area contributed by atoms with Crippen molar-refractivity contribution in [3.05, 3.63) is 45.5 Å². The normalized spacial score (nSPS) is 13.0. The molecule has 15 heavy (non-hydrogen) atoms. The minimum absolute atomic E-state index is 0.450. The molecular weight excluding hydrogens is 208 g/mol. The maximum Gasteiger partial charge on any atom is 0.106 e. The number of aryl methyl sites for hydroxylation is 2. The van der Waals surface area contributed by atoms with Crippen molar-refractivity contribution < 1.29 is 9.52 Å². The largest absolute Gasteiger partial charge is 0.469 e. The van der Waals surface area contributed by atoms with Crippen molar-refractivity contribution in [3.63, 3.8) is 0 Å². The predicted octanol–water partition coefficient (Wildman–Crippen LogP) is 3.23. The van der Waals surface area contributed by atoms with Crippen LogP contribution in [0.15, 0.2) is 28.9 Å². The lowest BCUT2D eigenvalue weighted by atomic mass is 10.1. The van der Waals surface area contributed by atoms with Gasteiger partial charge in [-0.05, 0) is 37.6 Å². The summed E-state index contributed by atoms with van der Waals surface area (Å²) in [6.45, 7) is 4.14. The number of furan rings is 1. The van der Waals surface area contributed by atoms with Gasteiger partial charge < -0.3 is 9.52 Å². The van der Waals surface area contributed by atoms with Crippen molar-refractivity contribution in [3.8, 4) is 0 Å². The second kappa shape index (κ2) is 4.21. The van der Waals surface area contributed by atoms with E-state index >= 15 is 0 Å². The molecule has 3 heteroatoms. The topological polar surface area (TPSA) is 33.4 Å². The van der Waals surface area contributed by atoms with E-state index in [9.17, 15) is 5.11 Å². The van der Waals surface area contributed by atoms with E-state index in [0.29, 0.717) is 6.42 Å². The monoisotopic (exact) mass is 222 g/mol. The van der Waals surface area contributed by atoms with Crippen molar-refractivity contribution in [2.24, 2.45) is 0 Å². The molecule has 2 aromatic heterocycles. The van der Waals surface area contributed by atoms with Crippen LogP contribution in [0, 0.1) is 13.8 Å². The number of hydrogen-bond donors (Lipinski definition) is 1. The van der Waals surface area contributed by atoms with Gasteiger partial charge in [-0.25, -0.2) is 0 Å². The second-order valence-electron chi connectivity index (χ2n) is 3.69. The van der Waals surface area contributed by atoms with Crippen LogP contribution in [-0.2, 0) is 6.42 Å². The predicted molar refractivity (Wildman–Crippen MR) is 61.2 cm³/mol. The van der Waals surface area contributed by atoms with E-state index in [4.69, 9.17) is 4.42 Å². The van der Waals surface area contributed by atoms with E-state index in [2.05, 4.69) is 13.8 Å². The standard InChI is InChI=1S/C12H14O2S/c1-8-6-12(15-9(8)2)11(13)7-10-4-3-5-14-10/h3-6,11,13H,7H2,1-2H3. The highest BCUT2D eigenvalue weighted by molar-refractivity contribution is 7.12. The first-order chi connectivity index (χ1) is 7.16. The molecule has 1 unspecified atom stereocenters. The van der Waals surface area contributed by atoms with Gasteiger partial charge in [-0.2, -0.15) is 0 Å². The Bertz CT molecular complexity index is 409. The van der Waals surface area contributed by atoms with Gasteiger partial charge in [-0.1, -0.05) is 0 Å². The van der Waals surface area contributed by atoms with Gasteiger partial charge in [-0.3, -0.25) is 0 Å². The van der Waals surface area contributed by atoms with Gasteiger partial charge in [0.2, 0.25) is 0 Å². The highest BCUT2D eigenvalue weighted by Gasteiger charge is 2.13. The molecule has 1 atom stereocenters. The van der Waals surface area contributed by atoms with Crippen LogP contribution < -0.4 is 0 Å². The van der Waals surface area contributed by atoms with Crippen LogP contribution in [-0.4, -0.2) is 5.11 Å². The third kappa shape index (κ3) is 2.30. The molecule has 1 N–H and O–H groups in total. The fraction of sp³-hybridized carbons (Fsp3) is 0.333. The molecule has 0 fully saturated rings. The van der Waals surface area contributed by atoms with Crippen molar-refractivity contribution in [2.45, 2.75) is 26.4 Å². The summed E-state index contributed by atoms with van der Waals surface area (Å²) in [7, 11) is 0. The van der Waals surface area contributed by atoms with Gasteiger partial charge in [0.05, 0.1) is 12.4 Å². The Kier molecular flexibility index (Phi) is 2.93. The van der Waals surface area contributed by atoms with Crippen LogP contribution in [0.3, 0.4) is 0 Å². The maximum atomic E-state index is 9.98. The van der Waals surface area contributed by atoms with Crippen LogP contribution in [0.25, 0.3) is 0 Å². The molecule has 0 spiro atoms. The Balaban J connectivity index is 2.11. The first-order valence-electron chi connectivity index (χ1n) is 4.94. The molecule has 2 rings (SSSR count). The molecule has 0 saturated heterocycles. The van der Waals surface area contributed by atoms with Crippen molar-refractivity contribution in [2.75, 3.05) is 0 Å². The summed E-state index contributed by atoms with van der Waals surface area (Å²) in [4.78, 5) is 2.28. The van der Waals surface area contributed by atoms with Gasteiger partial charge in [-0.15, -0.1) is 11.3 Å². The zero-order valence-corrected chi connectivity index (χ0v) is 9.67. The molecular formula is C12H14O2S. The maximum absolute atomic E-state index is 9.98. The van der Waals surface area contributed by atoms with Gasteiger partial charge in [0.1, 0.15) is 5.76 Å². The van der Waals surface area contributed by atoms with Crippen LogP contribution >= 0.6 is 11.3 Å². The quantitative estimate of drug-likeness (QED) is 0.865. The summed E-state index contributed by atoms with van der Waals surface area (Å²) >= 11 is 1.65. The molecule has 0 bridgehead atoms. The van der Waals surface area contributed by atoms with Gasteiger partial charge >= 0.3 is 0 Å². The third-order valence-corrected chi connectivity index (χ3v) is 3.74. The summed E-state index contributed by atoms with van der Waals surface area (Å²) in [6, 6.07) is 5.77. The van der Waals surface area contributed by atoms with E-state index in [1.807, 2.05) is 18.2 Å². The molecule has 0 aliphatic rings. The van der Waals surface area contributed by atoms with E-state index in [0.717, 1.165) is 10.6 Å². The number of hydrogen-bond acceptors (Lipinski definition) is 3. The molecule has 0 radical (unpaired) electrons. The smallest absolute Gasteiger partial charge is 0.106 e. The Hall–Kier alpha value is -1.06. The summed E-state index contributed by atoms with van der Waals surface area (Å²) in [5, 5.41) is 9.98. The van der Waals surface area contributed by atoms with E-state index in [1.165, 1.54) is 10.4 Å². The molecule has 80 valence electrons. The molecule has 0 saturated carbocycles. The van der Waals surface area contributed by atoms with E-state index < -0.39 is 6.10 Å². The third-order valence-electron chi connectivity index (χ3n) is 2.49. The average molecular weight is 222 g/mol. The lowest BCUT2D eigenvalue weighted by Gasteiger charge is -2.05. The molecule has 2 aromatic rings. The molecule has 0 aliphatic heterocycles.